The Labute approximate surface area is 146 Å². The number of aromatic amines is 1. The number of aromatic nitrogens is 3. The highest BCUT2D eigenvalue weighted by Gasteiger charge is 2.36. The fraction of sp³-hybridized carbons (Fsp3) is 0.421. The van der Waals surface area contributed by atoms with E-state index in [1.165, 1.54) is 6.33 Å². The second kappa shape index (κ2) is 6.35. The molecule has 6 nitrogen and oxygen atoms in total. The number of H-pyrrole nitrogens is 1. The van der Waals surface area contributed by atoms with Crippen LogP contribution in [0.25, 0.3) is 22.5 Å². The molecule has 1 amide bonds. The highest BCUT2D eigenvalue weighted by Crippen LogP contribution is 2.32. The van der Waals surface area contributed by atoms with Crippen LogP contribution in [0.2, 0.25) is 0 Å². The van der Waals surface area contributed by atoms with Crippen molar-refractivity contribution in [2.75, 3.05) is 0 Å². The number of hydrogen-bond donors (Lipinski definition) is 1. The lowest BCUT2D eigenvalue weighted by Gasteiger charge is -2.28. The molecule has 0 saturated carbocycles. The third-order valence-corrected chi connectivity index (χ3v) is 5.20. The monoisotopic (exact) mass is 338 g/mol. The van der Waals surface area contributed by atoms with Crippen LogP contribution in [0.4, 0.5) is 0 Å². The summed E-state index contributed by atoms with van der Waals surface area (Å²) in [5, 5.41) is 0.884. The van der Waals surface area contributed by atoms with Crippen LogP contribution in [-0.4, -0.2) is 37.8 Å². The van der Waals surface area contributed by atoms with Gasteiger partial charge < -0.3 is 14.3 Å². The van der Waals surface area contributed by atoms with Gasteiger partial charge >= 0.3 is 0 Å². The third-order valence-electron chi connectivity index (χ3n) is 5.20. The molecule has 1 aliphatic heterocycles. The maximum Gasteiger partial charge on any atom is 0.290 e. The summed E-state index contributed by atoms with van der Waals surface area (Å²) in [4.78, 5) is 26.6. The Morgan fingerprint density at radius 2 is 1.96 bits per heavy atom. The number of hydrogen-bond acceptors (Lipinski definition) is 4. The summed E-state index contributed by atoms with van der Waals surface area (Å²) in [7, 11) is 0. The molecular formula is C19H22N4O2. The Kier molecular flexibility index (Phi) is 4.03. The van der Waals surface area contributed by atoms with Gasteiger partial charge in [-0.2, -0.15) is 0 Å². The van der Waals surface area contributed by atoms with Gasteiger partial charge in [0.1, 0.15) is 17.7 Å². The van der Waals surface area contributed by atoms with Crippen LogP contribution in [-0.2, 0) is 0 Å². The van der Waals surface area contributed by atoms with Crippen molar-refractivity contribution in [1.29, 1.82) is 0 Å². The average Bonchev–Trinajstić information content (AvgIpc) is 3.38. The summed E-state index contributed by atoms with van der Waals surface area (Å²) >= 11 is 0. The van der Waals surface area contributed by atoms with Crippen LogP contribution in [0.3, 0.4) is 0 Å². The zero-order valence-corrected chi connectivity index (χ0v) is 14.5. The van der Waals surface area contributed by atoms with Crippen molar-refractivity contribution in [3.8, 4) is 11.5 Å². The first-order valence-corrected chi connectivity index (χ1v) is 8.93. The van der Waals surface area contributed by atoms with Gasteiger partial charge in [0.15, 0.2) is 11.5 Å². The zero-order valence-electron chi connectivity index (χ0n) is 14.5. The highest BCUT2D eigenvalue weighted by atomic mass is 16.4. The van der Waals surface area contributed by atoms with Crippen LogP contribution in [0.1, 0.15) is 50.1 Å². The Balaban J connectivity index is 1.67. The van der Waals surface area contributed by atoms with E-state index in [2.05, 4.69) is 28.8 Å². The first-order valence-electron chi connectivity index (χ1n) is 8.93. The van der Waals surface area contributed by atoms with Crippen LogP contribution in [0.5, 0.6) is 0 Å². The summed E-state index contributed by atoms with van der Waals surface area (Å²) < 4.78 is 5.91. The second-order valence-electron chi connectivity index (χ2n) is 6.54. The van der Waals surface area contributed by atoms with E-state index in [-0.39, 0.29) is 5.91 Å². The smallest absolute Gasteiger partial charge is 0.290 e. The normalized spacial score (nSPS) is 20.5. The van der Waals surface area contributed by atoms with Crippen LogP contribution < -0.4 is 0 Å². The molecule has 130 valence electrons. The van der Waals surface area contributed by atoms with Crippen molar-refractivity contribution >= 4 is 16.9 Å². The lowest BCUT2D eigenvalue weighted by atomic mass is 10.1. The van der Waals surface area contributed by atoms with E-state index in [0.29, 0.717) is 29.3 Å². The van der Waals surface area contributed by atoms with Gasteiger partial charge in [-0.3, -0.25) is 4.79 Å². The van der Waals surface area contributed by atoms with E-state index in [4.69, 9.17) is 4.42 Å². The van der Waals surface area contributed by atoms with Gasteiger partial charge in [-0.25, -0.2) is 9.97 Å². The summed E-state index contributed by atoms with van der Waals surface area (Å²) in [6.07, 6.45) is 7.42. The fourth-order valence-corrected chi connectivity index (χ4v) is 3.87. The average molecular weight is 338 g/mol. The maximum absolute atomic E-state index is 13.0. The molecule has 25 heavy (non-hydrogen) atoms. The molecule has 0 radical (unpaired) electrons. The zero-order chi connectivity index (χ0) is 17.4. The van der Waals surface area contributed by atoms with Crippen molar-refractivity contribution in [1.82, 2.24) is 19.9 Å². The molecule has 3 aromatic rings. The second-order valence-corrected chi connectivity index (χ2v) is 6.54. The summed E-state index contributed by atoms with van der Waals surface area (Å²) in [5.74, 6) is 0.966. The SMILES string of the molecule is CC[C@@H]1CC[C@@H](CC)N1C(=O)c1ccc(-c2ncnc3[nH]ccc23)o1. The number of likely N-dealkylation sites (tertiary alicyclic amines) is 1. The van der Waals surface area contributed by atoms with Crippen molar-refractivity contribution in [2.24, 2.45) is 0 Å². The summed E-state index contributed by atoms with van der Waals surface area (Å²) in [6.45, 7) is 4.28. The van der Waals surface area contributed by atoms with Gasteiger partial charge in [-0.1, -0.05) is 13.8 Å². The molecule has 1 saturated heterocycles. The minimum atomic E-state index is -0.0122. The summed E-state index contributed by atoms with van der Waals surface area (Å²) in [6, 6.07) is 6.11. The number of carbonyl (C=O) groups excluding carboxylic acids is 1. The number of nitrogens with zero attached hydrogens (tertiary/aromatic N) is 3. The molecule has 4 rings (SSSR count). The lowest BCUT2D eigenvalue weighted by molar-refractivity contribution is 0.0627. The van der Waals surface area contributed by atoms with Gasteiger partial charge in [-0.05, 0) is 43.9 Å². The van der Waals surface area contributed by atoms with Crippen LogP contribution >= 0.6 is 0 Å². The Hall–Kier alpha value is -2.63. The third kappa shape index (κ3) is 2.62. The fourth-order valence-electron chi connectivity index (χ4n) is 3.87. The van der Waals surface area contributed by atoms with Gasteiger partial charge in [0.25, 0.3) is 5.91 Å². The number of fused-ring (bicyclic) bond motifs is 1. The van der Waals surface area contributed by atoms with E-state index in [9.17, 15) is 4.79 Å². The van der Waals surface area contributed by atoms with Crippen molar-refractivity contribution in [3.05, 3.63) is 36.5 Å². The topological polar surface area (TPSA) is 75.0 Å². The molecule has 1 N–H and O–H groups in total. The van der Waals surface area contributed by atoms with Crippen LogP contribution in [0.15, 0.2) is 35.1 Å². The molecule has 4 heterocycles. The molecule has 0 unspecified atom stereocenters. The molecular weight excluding hydrogens is 316 g/mol. The van der Waals surface area contributed by atoms with Gasteiger partial charge in [0.2, 0.25) is 0 Å². The van der Waals surface area contributed by atoms with E-state index in [1.807, 2.05) is 23.2 Å². The molecule has 3 aromatic heterocycles. The van der Waals surface area contributed by atoms with Crippen molar-refractivity contribution in [3.63, 3.8) is 0 Å². The Morgan fingerprint density at radius 3 is 2.68 bits per heavy atom. The number of amides is 1. The Bertz CT molecular complexity index is 886. The molecule has 0 aliphatic carbocycles. The maximum atomic E-state index is 13.0. The van der Waals surface area contributed by atoms with E-state index in [0.717, 1.165) is 36.7 Å². The summed E-state index contributed by atoms with van der Waals surface area (Å²) in [5.41, 5.74) is 1.46. The molecule has 0 spiro atoms. The number of carbonyl (C=O) groups is 1. The molecule has 2 atom stereocenters. The minimum Gasteiger partial charge on any atom is -0.449 e. The predicted molar refractivity (Wildman–Crippen MR) is 95.2 cm³/mol. The number of nitrogens with one attached hydrogen (secondary N) is 1. The first kappa shape index (κ1) is 15.9. The van der Waals surface area contributed by atoms with Crippen molar-refractivity contribution in [2.45, 2.75) is 51.6 Å². The van der Waals surface area contributed by atoms with Gasteiger partial charge in [-0.15, -0.1) is 0 Å². The van der Waals surface area contributed by atoms with E-state index in [1.54, 1.807) is 6.07 Å². The standard InChI is InChI=1S/C19H22N4O2/c1-3-12-5-6-13(4-2)23(12)19(24)16-8-7-15(25-16)17-14-9-10-20-18(14)22-11-21-17/h7-13H,3-6H2,1-2H3,(H,20,21,22)/t12-,13-/m1/s1. The Morgan fingerprint density at radius 1 is 1.20 bits per heavy atom. The largest absolute Gasteiger partial charge is 0.449 e. The molecule has 1 fully saturated rings. The lowest BCUT2D eigenvalue weighted by Crippen LogP contribution is -2.40. The first-order chi connectivity index (χ1) is 12.2. The molecule has 6 heteroatoms. The number of furan rings is 1. The molecule has 1 aliphatic rings. The van der Waals surface area contributed by atoms with E-state index >= 15 is 0 Å². The quantitative estimate of drug-likeness (QED) is 0.780. The predicted octanol–water partition coefficient (Wildman–Crippen LogP) is 4.01. The van der Waals surface area contributed by atoms with E-state index < -0.39 is 0 Å². The molecule has 0 aromatic carbocycles. The molecule has 0 bridgehead atoms. The van der Waals surface area contributed by atoms with Gasteiger partial charge in [0.05, 0.1) is 0 Å². The highest BCUT2D eigenvalue weighted by molar-refractivity contribution is 5.94. The van der Waals surface area contributed by atoms with Crippen molar-refractivity contribution < 1.29 is 9.21 Å². The van der Waals surface area contributed by atoms with Crippen LogP contribution in [0, 0.1) is 0 Å². The number of rotatable bonds is 4. The van der Waals surface area contributed by atoms with Gasteiger partial charge in [0, 0.05) is 23.7 Å². The minimum absolute atomic E-state index is 0.0122.